The molecule has 0 amide bonds. The summed E-state index contributed by atoms with van der Waals surface area (Å²) >= 11 is 17.8. The lowest BCUT2D eigenvalue weighted by Crippen LogP contribution is -1.84. The highest BCUT2D eigenvalue weighted by Crippen LogP contribution is 2.74. The van der Waals surface area contributed by atoms with Crippen LogP contribution >= 0.6 is 59.9 Å². The molecule has 60 valence electrons. The van der Waals surface area contributed by atoms with E-state index in [1.807, 2.05) is 6.07 Å². The maximum Gasteiger partial charge on any atom is 0.157 e. The van der Waals surface area contributed by atoms with Gasteiger partial charge in [-0.05, 0) is 0 Å². The molecule has 0 saturated carbocycles. The maximum absolute atomic E-state index is 8.55. The highest BCUT2D eigenvalue weighted by Gasteiger charge is 2.32. The molecular weight excluding hydrogens is 339 g/mol. The second-order valence-corrected chi connectivity index (χ2v) is 12.2. The van der Waals surface area contributed by atoms with Crippen molar-refractivity contribution in [3.8, 4) is 6.07 Å². The van der Waals surface area contributed by atoms with Gasteiger partial charge in [-0.15, -0.1) is 0 Å². The number of hydrogen-bond donors (Lipinski definition) is 0. The topological polar surface area (TPSA) is 36.1 Å². The van der Waals surface area contributed by atoms with Crippen molar-refractivity contribution in [2.75, 3.05) is 0 Å². The van der Waals surface area contributed by atoms with E-state index in [4.69, 9.17) is 28.5 Å². The Labute approximate surface area is 90.1 Å². The van der Waals surface area contributed by atoms with Gasteiger partial charge in [-0.1, -0.05) is 23.2 Å². The van der Waals surface area contributed by atoms with Crippen LogP contribution in [-0.4, -0.2) is 5.17 Å². The van der Waals surface area contributed by atoms with E-state index in [1.54, 1.807) is 0 Å². The quantitative estimate of drug-likeness (QED) is 0.658. The maximum atomic E-state index is 8.55. The van der Waals surface area contributed by atoms with Gasteiger partial charge in [-0.2, -0.15) is 9.66 Å². The molecule has 0 aromatic heterocycles. The van der Waals surface area contributed by atoms with E-state index in [-0.39, 0.29) is 10.7 Å². The monoisotopic (exact) mass is 336 g/mol. The van der Waals surface area contributed by atoms with Gasteiger partial charge in [0.05, 0.1) is 0 Å². The Kier molecular flexibility index (Phi) is 2.93. The molecule has 0 atom stereocenters. The van der Waals surface area contributed by atoms with Gasteiger partial charge in [-0.3, -0.25) is 0 Å². The molecule has 0 aromatic carbocycles. The predicted octanol–water partition coefficient (Wildman–Crippen LogP) is 3.95. The van der Waals surface area contributed by atoms with E-state index in [1.165, 1.54) is 0 Å². The number of hydrogen-bond acceptors (Lipinski definition) is 2. The number of nitrogens with zero attached hydrogens (tertiary/aromatic N) is 2. The van der Waals surface area contributed by atoms with Gasteiger partial charge in [0.15, 0.2) is 5.17 Å². The first-order chi connectivity index (χ1) is 4.99. The summed E-state index contributed by atoms with van der Waals surface area (Å²) in [5.41, 5.74) is 0.233. The molecule has 7 heteroatoms. The van der Waals surface area contributed by atoms with E-state index in [0.29, 0.717) is 4.36 Å². The molecule has 2 nitrogen and oxygen atoms in total. The van der Waals surface area contributed by atoms with Crippen molar-refractivity contribution >= 4 is 65.1 Å². The van der Waals surface area contributed by atoms with Crippen LogP contribution in [0.3, 0.4) is 0 Å². The van der Waals surface area contributed by atoms with E-state index in [2.05, 4.69) is 34.0 Å². The largest absolute Gasteiger partial charge is 0.198 e. The van der Waals surface area contributed by atoms with E-state index >= 15 is 0 Å². The van der Waals surface area contributed by atoms with Gasteiger partial charge >= 0.3 is 0 Å². The summed E-state index contributed by atoms with van der Waals surface area (Å²) in [7, 11) is -1.73. The summed E-state index contributed by atoms with van der Waals surface area (Å²) < 4.78 is 4.26. The van der Waals surface area contributed by atoms with Crippen LogP contribution in [-0.2, 0) is 0 Å². The number of halogens is 4. The lowest BCUT2D eigenvalue weighted by Gasteiger charge is -2.13. The Morgan fingerprint density at radius 3 is 2.18 bits per heavy atom. The van der Waals surface area contributed by atoms with Crippen molar-refractivity contribution in [1.29, 1.82) is 5.26 Å². The standard InChI is InChI=1S/C4Br2Cl2N2S/c5-11(6)4(8)2(1-9)3(7)10-11. The van der Waals surface area contributed by atoms with E-state index in [0.717, 1.165) is 0 Å². The van der Waals surface area contributed by atoms with Crippen molar-refractivity contribution in [3.63, 3.8) is 0 Å². The second kappa shape index (κ2) is 3.27. The van der Waals surface area contributed by atoms with Crippen LogP contribution in [0.5, 0.6) is 0 Å². The molecule has 0 N–H and O–H groups in total. The Balaban J connectivity index is 3.23. The van der Waals surface area contributed by atoms with Gasteiger partial charge in [0.1, 0.15) is 16.0 Å². The molecule has 1 aliphatic heterocycles. The van der Waals surface area contributed by atoms with Crippen molar-refractivity contribution in [2.24, 2.45) is 4.40 Å². The third-order valence-corrected chi connectivity index (χ3v) is 7.13. The zero-order valence-corrected chi connectivity index (χ0v) is 10.3. The van der Waals surface area contributed by atoms with Gasteiger partial charge < -0.3 is 0 Å². The summed E-state index contributed by atoms with van der Waals surface area (Å²) in [6.07, 6.45) is 0. The zero-order valence-electron chi connectivity index (χ0n) is 4.81. The van der Waals surface area contributed by atoms with Crippen molar-refractivity contribution in [2.45, 2.75) is 0 Å². The highest BCUT2D eigenvalue weighted by molar-refractivity contribution is 9.92. The molecule has 0 fully saturated rings. The van der Waals surface area contributed by atoms with Crippen LogP contribution < -0.4 is 0 Å². The smallest absolute Gasteiger partial charge is 0.157 e. The van der Waals surface area contributed by atoms with Crippen molar-refractivity contribution in [1.82, 2.24) is 0 Å². The van der Waals surface area contributed by atoms with Crippen LogP contribution in [0, 0.1) is 11.3 Å². The van der Waals surface area contributed by atoms with Crippen LogP contribution in [0.2, 0.25) is 0 Å². The van der Waals surface area contributed by atoms with Gasteiger partial charge in [0.2, 0.25) is 0 Å². The van der Waals surface area contributed by atoms with E-state index in [9.17, 15) is 0 Å². The van der Waals surface area contributed by atoms with Crippen molar-refractivity contribution < 1.29 is 0 Å². The molecule has 0 spiro atoms. The van der Waals surface area contributed by atoms with Crippen LogP contribution in [0.15, 0.2) is 14.3 Å². The normalized spacial score (nSPS) is 24.5. The Hall–Kier alpha value is 0.790. The molecule has 1 heterocycles. The van der Waals surface area contributed by atoms with Gasteiger partial charge in [-0.25, -0.2) is 0 Å². The lowest BCUT2D eigenvalue weighted by atomic mass is 10.4. The summed E-state index contributed by atoms with van der Waals surface area (Å²) in [5.74, 6) is 0. The fraction of sp³-hybridized carbons (Fsp3) is 0. The lowest BCUT2D eigenvalue weighted by molar-refractivity contribution is 1.52. The SMILES string of the molecule is N#CC1=C(Cl)S(Br)(Br)N=C1Cl. The van der Waals surface area contributed by atoms with Crippen molar-refractivity contribution in [3.05, 3.63) is 9.94 Å². The highest BCUT2D eigenvalue weighted by atomic mass is 79.9. The molecule has 0 saturated heterocycles. The van der Waals surface area contributed by atoms with Gasteiger partial charge in [0, 0.05) is 36.7 Å². The summed E-state index contributed by atoms with van der Waals surface area (Å²) in [6.45, 7) is 0. The molecule has 0 unspecified atom stereocenters. The van der Waals surface area contributed by atoms with Gasteiger partial charge in [0.25, 0.3) is 0 Å². The Bertz CT molecular complexity index is 304. The zero-order chi connectivity index (χ0) is 8.65. The first-order valence-electron chi connectivity index (χ1n) is 2.27. The third kappa shape index (κ3) is 1.76. The molecule has 0 aliphatic carbocycles. The Morgan fingerprint density at radius 1 is 1.45 bits per heavy atom. The number of nitriles is 1. The first-order valence-corrected chi connectivity index (χ1v) is 8.30. The number of rotatable bonds is 0. The second-order valence-electron chi connectivity index (χ2n) is 1.58. The Morgan fingerprint density at radius 2 is 2.00 bits per heavy atom. The van der Waals surface area contributed by atoms with Crippen LogP contribution in [0.4, 0.5) is 0 Å². The molecule has 0 bridgehead atoms. The van der Waals surface area contributed by atoms with Crippen LogP contribution in [0.25, 0.3) is 0 Å². The molecule has 0 aromatic rings. The fourth-order valence-corrected chi connectivity index (χ4v) is 4.37. The average Bonchev–Trinajstić information content (AvgIpc) is 2.04. The minimum absolute atomic E-state index is 0.154. The summed E-state index contributed by atoms with van der Waals surface area (Å²) in [6, 6.07) is 1.86. The minimum Gasteiger partial charge on any atom is -0.198 e. The summed E-state index contributed by atoms with van der Waals surface area (Å²) in [4.78, 5) is 0. The van der Waals surface area contributed by atoms with Crippen LogP contribution in [0.1, 0.15) is 0 Å². The molecule has 1 rings (SSSR count). The predicted molar refractivity (Wildman–Crippen MR) is 57.2 cm³/mol. The third-order valence-electron chi connectivity index (χ3n) is 0.925. The summed E-state index contributed by atoms with van der Waals surface area (Å²) in [5, 5.41) is 8.71. The molecule has 1 aliphatic rings. The number of allylic oxidation sites excluding steroid dienone is 1. The van der Waals surface area contributed by atoms with E-state index < -0.39 is 7.08 Å². The molecule has 11 heavy (non-hydrogen) atoms. The fourth-order valence-electron chi connectivity index (χ4n) is 0.480. The molecular formula is C4Br2Cl2N2S. The first kappa shape index (κ1) is 9.87. The average molecular weight is 339 g/mol. The molecule has 0 radical (unpaired) electrons. The minimum atomic E-state index is -1.73.